The summed E-state index contributed by atoms with van der Waals surface area (Å²) in [6, 6.07) is 5.58. The first-order chi connectivity index (χ1) is 11.5. The van der Waals surface area contributed by atoms with Gasteiger partial charge in [0.25, 0.3) is 0 Å². The van der Waals surface area contributed by atoms with E-state index in [1.165, 1.54) is 0 Å². The standard InChI is InChI=1S/C15H26N4O4S/c1-5-24(20,21)19-9-8-17-15(16-2)18-11-12-6-7-13(22-3)10-14(12)23-4/h6-7,10,19H,5,8-9,11H2,1-4H3,(H2,16,17,18). The number of benzene rings is 1. The highest BCUT2D eigenvalue weighted by Crippen LogP contribution is 2.24. The molecular formula is C15H26N4O4S. The zero-order chi connectivity index (χ0) is 18.0. The third-order valence-electron chi connectivity index (χ3n) is 3.28. The molecule has 1 aromatic carbocycles. The van der Waals surface area contributed by atoms with Gasteiger partial charge in [0.2, 0.25) is 10.0 Å². The highest BCUT2D eigenvalue weighted by atomic mass is 32.2. The summed E-state index contributed by atoms with van der Waals surface area (Å²) < 4.78 is 35.7. The Morgan fingerprint density at radius 1 is 1.17 bits per heavy atom. The van der Waals surface area contributed by atoms with Gasteiger partial charge in [-0.3, -0.25) is 4.99 Å². The summed E-state index contributed by atoms with van der Waals surface area (Å²) in [4.78, 5) is 4.10. The summed E-state index contributed by atoms with van der Waals surface area (Å²) in [5, 5.41) is 6.19. The van der Waals surface area contributed by atoms with Gasteiger partial charge in [-0.2, -0.15) is 0 Å². The Labute approximate surface area is 143 Å². The van der Waals surface area contributed by atoms with E-state index in [0.717, 1.165) is 11.3 Å². The van der Waals surface area contributed by atoms with Crippen LogP contribution in [-0.4, -0.2) is 54.5 Å². The molecule has 3 N–H and O–H groups in total. The first-order valence-corrected chi connectivity index (χ1v) is 9.23. The molecule has 1 rings (SSSR count). The fourth-order valence-electron chi connectivity index (χ4n) is 1.89. The molecule has 24 heavy (non-hydrogen) atoms. The number of methoxy groups -OCH3 is 2. The lowest BCUT2D eigenvalue weighted by Gasteiger charge is -2.14. The van der Waals surface area contributed by atoms with Crippen LogP contribution in [0.5, 0.6) is 11.5 Å². The number of nitrogens with one attached hydrogen (secondary N) is 3. The van der Waals surface area contributed by atoms with E-state index >= 15 is 0 Å². The predicted molar refractivity (Wildman–Crippen MR) is 95.2 cm³/mol. The van der Waals surface area contributed by atoms with Gasteiger partial charge >= 0.3 is 0 Å². The van der Waals surface area contributed by atoms with Gasteiger partial charge in [-0.25, -0.2) is 13.1 Å². The van der Waals surface area contributed by atoms with Crippen LogP contribution >= 0.6 is 0 Å². The van der Waals surface area contributed by atoms with E-state index in [9.17, 15) is 8.42 Å². The summed E-state index contributed by atoms with van der Waals surface area (Å²) in [5.74, 6) is 2.08. The van der Waals surface area contributed by atoms with Crippen molar-refractivity contribution >= 4 is 16.0 Å². The van der Waals surface area contributed by atoms with Crippen molar-refractivity contribution in [3.8, 4) is 11.5 Å². The summed E-state index contributed by atoms with van der Waals surface area (Å²) in [7, 11) is 1.68. The van der Waals surface area contributed by atoms with E-state index in [2.05, 4.69) is 20.3 Å². The number of hydrogen-bond acceptors (Lipinski definition) is 5. The van der Waals surface area contributed by atoms with E-state index in [0.29, 0.717) is 31.3 Å². The van der Waals surface area contributed by atoms with Crippen molar-refractivity contribution in [1.29, 1.82) is 0 Å². The van der Waals surface area contributed by atoms with E-state index in [1.54, 1.807) is 28.2 Å². The van der Waals surface area contributed by atoms with Crippen molar-refractivity contribution in [2.45, 2.75) is 13.5 Å². The number of hydrogen-bond donors (Lipinski definition) is 3. The average molecular weight is 358 g/mol. The van der Waals surface area contributed by atoms with Gasteiger partial charge in [-0.1, -0.05) is 0 Å². The molecule has 0 amide bonds. The Bertz CT molecular complexity index is 647. The SMILES string of the molecule is CCS(=O)(=O)NCCNC(=NC)NCc1ccc(OC)cc1OC. The van der Waals surface area contributed by atoms with Crippen molar-refractivity contribution in [3.05, 3.63) is 23.8 Å². The smallest absolute Gasteiger partial charge is 0.211 e. The minimum atomic E-state index is -3.17. The molecule has 1 aromatic rings. The van der Waals surface area contributed by atoms with Crippen LogP contribution in [0.3, 0.4) is 0 Å². The summed E-state index contributed by atoms with van der Waals surface area (Å²) in [5.41, 5.74) is 0.952. The third kappa shape index (κ3) is 6.63. The van der Waals surface area contributed by atoms with E-state index in [1.807, 2.05) is 18.2 Å². The lowest BCUT2D eigenvalue weighted by Crippen LogP contribution is -2.41. The molecule has 0 heterocycles. The van der Waals surface area contributed by atoms with Crippen molar-refractivity contribution in [2.75, 3.05) is 40.1 Å². The quantitative estimate of drug-likeness (QED) is 0.334. The van der Waals surface area contributed by atoms with Crippen LogP contribution in [-0.2, 0) is 16.6 Å². The van der Waals surface area contributed by atoms with Crippen molar-refractivity contribution in [1.82, 2.24) is 15.4 Å². The molecule has 0 aliphatic carbocycles. The van der Waals surface area contributed by atoms with Gasteiger partial charge in [0, 0.05) is 38.3 Å². The number of sulfonamides is 1. The second-order valence-corrected chi connectivity index (χ2v) is 6.92. The highest BCUT2D eigenvalue weighted by Gasteiger charge is 2.07. The zero-order valence-electron chi connectivity index (χ0n) is 14.5. The van der Waals surface area contributed by atoms with Gasteiger partial charge in [-0.15, -0.1) is 0 Å². The van der Waals surface area contributed by atoms with Crippen LogP contribution in [0.25, 0.3) is 0 Å². The Kier molecular flexibility index (Phi) is 8.34. The second-order valence-electron chi connectivity index (χ2n) is 4.83. The molecule has 136 valence electrons. The maximum absolute atomic E-state index is 11.3. The van der Waals surface area contributed by atoms with Gasteiger partial charge in [0.1, 0.15) is 11.5 Å². The Balaban J connectivity index is 2.50. The Morgan fingerprint density at radius 3 is 2.50 bits per heavy atom. The minimum Gasteiger partial charge on any atom is -0.497 e. The zero-order valence-corrected chi connectivity index (χ0v) is 15.4. The molecule has 0 saturated heterocycles. The van der Waals surface area contributed by atoms with E-state index in [-0.39, 0.29) is 5.75 Å². The van der Waals surface area contributed by atoms with Crippen LogP contribution in [0.4, 0.5) is 0 Å². The van der Waals surface area contributed by atoms with Crippen molar-refractivity contribution in [2.24, 2.45) is 4.99 Å². The molecule has 0 aliphatic rings. The molecular weight excluding hydrogens is 332 g/mol. The van der Waals surface area contributed by atoms with Crippen LogP contribution in [0.1, 0.15) is 12.5 Å². The Hall–Kier alpha value is -2.00. The van der Waals surface area contributed by atoms with Gasteiger partial charge in [0.05, 0.1) is 20.0 Å². The highest BCUT2D eigenvalue weighted by molar-refractivity contribution is 7.89. The van der Waals surface area contributed by atoms with Gasteiger partial charge in [0.15, 0.2) is 5.96 Å². The molecule has 0 spiro atoms. The van der Waals surface area contributed by atoms with E-state index in [4.69, 9.17) is 9.47 Å². The van der Waals surface area contributed by atoms with Gasteiger partial charge in [-0.05, 0) is 19.1 Å². The molecule has 0 unspecified atom stereocenters. The third-order valence-corrected chi connectivity index (χ3v) is 4.69. The molecule has 9 heteroatoms. The normalized spacial score (nSPS) is 11.9. The monoisotopic (exact) mass is 358 g/mol. The second kappa shape index (κ2) is 9.99. The van der Waals surface area contributed by atoms with E-state index < -0.39 is 10.0 Å². The molecule has 8 nitrogen and oxygen atoms in total. The van der Waals surface area contributed by atoms with Crippen molar-refractivity contribution in [3.63, 3.8) is 0 Å². The number of ether oxygens (including phenoxy) is 2. The molecule has 0 radical (unpaired) electrons. The maximum atomic E-state index is 11.3. The van der Waals surface area contributed by atoms with Crippen LogP contribution < -0.4 is 24.8 Å². The number of guanidine groups is 1. The lowest BCUT2D eigenvalue weighted by molar-refractivity contribution is 0.390. The molecule has 0 fully saturated rings. The molecule has 0 saturated carbocycles. The number of nitrogens with zero attached hydrogens (tertiary/aromatic N) is 1. The first kappa shape index (κ1) is 20.0. The van der Waals surface area contributed by atoms with Crippen LogP contribution in [0.15, 0.2) is 23.2 Å². The van der Waals surface area contributed by atoms with Crippen LogP contribution in [0, 0.1) is 0 Å². The van der Waals surface area contributed by atoms with Gasteiger partial charge < -0.3 is 20.1 Å². The fraction of sp³-hybridized carbons (Fsp3) is 0.533. The predicted octanol–water partition coefficient (Wildman–Crippen LogP) is 0.308. The maximum Gasteiger partial charge on any atom is 0.211 e. The van der Waals surface area contributed by atoms with Crippen LogP contribution in [0.2, 0.25) is 0 Å². The molecule has 0 bridgehead atoms. The largest absolute Gasteiger partial charge is 0.497 e. The summed E-state index contributed by atoms with van der Waals surface area (Å²) in [6.07, 6.45) is 0. The summed E-state index contributed by atoms with van der Waals surface area (Å²) in [6.45, 7) is 2.83. The fourth-order valence-corrected chi connectivity index (χ4v) is 2.50. The average Bonchev–Trinajstić information content (AvgIpc) is 2.60. The lowest BCUT2D eigenvalue weighted by atomic mass is 10.2. The number of rotatable bonds is 9. The topological polar surface area (TPSA) is 101 Å². The minimum absolute atomic E-state index is 0.0667. The molecule has 0 atom stereocenters. The molecule has 0 aromatic heterocycles. The summed E-state index contributed by atoms with van der Waals surface area (Å²) >= 11 is 0. The van der Waals surface area contributed by atoms with Crippen molar-refractivity contribution < 1.29 is 17.9 Å². The Morgan fingerprint density at radius 2 is 1.92 bits per heavy atom. The first-order valence-electron chi connectivity index (χ1n) is 7.58. The molecule has 0 aliphatic heterocycles. The number of aliphatic imine (C=N–C) groups is 1.